The van der Waals surface area contributed by atoms with Crippen molar-refractivity contribution in [2.24, 2.45) is 11.1 Å². The molecule has 112 valence electrons. The summed E-state index contributed by atoms with van der Waals surface area (Å²) >= 11 is 3.61. The average Bonchev–Trinajstić information content (AvgIpc) is 2.95. The van der Waals surface area contributed by atoms with Crippen molar-refractivity contribution in [3.63, 3.8) is 0 Å². The van der Waals surface area contributed by atoms with E-state index in [0.29, 0.717) is 5.41 Å². The highest BCUT2D eigenvalue weighted by molar-refractivity contribution is 9.10. The minimum absolute atomic E-state index is 0.131. The molecule has 0 bridgehead atoms. The minimum atomic E-state index is 0.131. The largest absolute Gasteiger partial charge is 0.492 e. The molecule has 0 amide bonds. The highest BCUT2D eigenvalue weighted by Crippen LogP contribution is 2.49. The SMILES string of the molecule is CCCOc1ccc(C(N)C2(CC)CCCC2)cc1Br. The maximum atomic E-state index is 6.60. The first-order valence-electron chi connectivity index (χ1n) is 7.81. The van der Waals surface area contributed by atoms with Crippen LogP contribution < -0.4 is 10.5 Å². The standard InChI is InChI=1S/C17H26BrNO/c1-3-11-20-15-8-7-13(12-14(15)18)16(19)17(4-2)9-5-6-10-17/h7-8,12,16H,3-6,9-11,19H2,1-2H3. The molecule has 1 aromatic rings. The summed E-state index contributed by atoms with van der Waals surface area (Å²) < 4.78 is 6.73. The van der Waals surface area contributed by atoms with Crippen LogP contribution in [0.1, 0.15) is 64.0 Å². The fourth-order valence-electron chi connectivity index (χ4n) is 3.36. The topological polar surface area (TPSA) is 35.2 Å². The van der Waals surface area contributed by atoms with E-state index in [1.54, 1.807) is 0 Å². The van der Waals surface area contributed by atoms with Crippen LogP contribution in [0.5, 0.6) is 5.75 Å². The first-order valence-corrected chi connectivity index (χ1v) is 8.60. The molecule has 2 N–H and O–H groups in total. The van der Waals surface area contributed by atoms with Gasteiger partial charge in [-0.25, -0.2) is 0 Å². The van der Waals surface area contributed by atoms with Gasteiger partial charge in [-0.05, 0) is 64.7 Å². The zero-order valence-electron chi connectivity index (χ0n) is 12.6. The molecule has 3 heteroatoms. The molecule has 1 unspecified atom stereocenters. The van der Waals surface area contributed by atoms with Crippen LogP contribution in [0, 0.1) is 5.41 Å². The van der Waals surface area contributed by atoms with Crippen LogP contribution in [0.3, 0.4) is 0 Å². The second-order valence-electron chi connectivity index (χ2n) is 5.94. The number of nitrogens with two attached hydrogens (primary N) is 1. The zero-order chi connectivity index (χ0) is 14.6. The van der Waals surface area contributed by atoms with Crippen molar-refractivity contribution in [3.05, 3.63) is 28.2 Å². The highest BCUT2D eigenvalue weighted by atomic mass is 79.9. The number of rotatable bonds is 6. The molecule has 1 atom stereocenters. The molecule has 2 nitrogen and oxygen atoms in total. The van der Waals surface area contributed by atoms with Gasteiger partial charge in [-0.2, -0.15) is 0 Å². The van der Waals surface area contributed by atoms with Gasteiger partial charge in [0.1, 0.15) is 5.75 Å². The van der Waals surface area contributed by atoms with Crippen LogP contribution in [-0.4, -0.2) is 6.61 Å². The van der Waals surface area contributed by atoms with Gasteiger partial charge in [0.2, 0.25) is 0 Å². The Morgan fingerprint density at radius 2 is 2.00 bits per heavy atom. The molecule has 1 fully saturated rings. The fraction of sp³-hybridized carbons (Fsp3) is 0.647. The number of hydrogen-bond acceptors (Lipinski definition) is 2. The van der Waals surface area contributed by atoms with Crippen LogP contribution in [-0.2, 0) is 0 Å². The van der Waals surface area contributed by atoms with Crippen LogP contribution >= 0.6 is 15.9 Å². The average molecular weight is 340 g/mol. The third-order valence-corrected chi connectivity index (χ3v) is 5.36. The van der Waals surface area contributed by atoms with Crippen molar-refractivity contribution in [1.29, 1.82) is 0 Å². The fourth-order valence-corrected chi connectivity index (χ4v) is 3.87. The Hall–Kier alpha value is -0.540. The minimum Gasteiger partial charge on any atom is -0.492 e. The van der Waals surface area contributed by atoms with E-state index in [2.05, 4.69) is 41.9 Å². The van der Waals surface area contributed by atoms with E-state index in [-0.39, 0.29) is 6.04 Å². The van der Waals surface area contributed by atoms with Gasteiger partial charge in [0.05, 0.1) is 11.1 Å². The van der Waals surface area contributed by atoms with Crippen molar-refractivity contribution in [3.8, 4) is 5.75 Å². The molecule has 1 aromatic carbocycles. The lowest BCUT2D eigenvalue weighted by Crippen LogP contribution is -2.31. The molecule has 2 rings (SSSR count). The molecule has 0 radical (unpaired) electrons. The third-order valence-electron chi connectivity index (χ3n) is 4.74. The first kappa shape index (κ1) is 15.8. The number of benzene rings is 1. The summed E-state index contributed by atoms with van der Waals surface area (Å²) in [6, 6.07) is 6.46. The second-order valence-corrected chi connectivity index (χ2v) is 6.79. The van der Waals surface area contributed by atoms with Crippen molar-refractivity contribution >= 4 is 15.9 Å². The van der Waals surface area contributed by atoms with Gasteiger partial charge in [0.15, 0.2) is 0 Å². The van der Waals surface area contributed by atoms with Gasteiger partial charge in [-0.1, -0.05) is 32.8 Å². The van der Waals surface area contributed by atoms with E-state index in [1.165, 1.54) is 37.7 Å². The normalized spacial score (nSPS) is 19.0. The quantitative estimate of drug-likeness (QED) is 0.772. The predicted molar refractivity (Wildman–Crippen MR) is 88.0 cm³/mol. The molecule has 1 saturated carbocycles. The summed E-state index contributed by atoms with van der Waals surface area (Å²) in [5.41, 5.74) is 8.13. The summed E-state index contributed by atoms with van der Waals surface area (Å²) in [5, 5.41) is 0. The zero-order valence-corrected chi connectivity index (χ0v) is 14.2. The van der Waals surface area contributed by atoms with Gasteiger partial charge in [0.25, 0.3) is 0 Å². The predicted octanol–water partition coefficient (Wildman–Crippen LogP) is 5.21. The maximum Gasteiger partial charge on any atom is 0.133 e. The van der Waals surface area contributed by atoms with Gasteiger partial charge in [-0.15, -0.1) is 0 Å². The molecule has 0 heterocycles. The number of halogens is 1. The van der Waals surface area contributed by atoms with E-state index in [9.17, 15) is 0 Å². The summed E-state index contributed by atoms with van der Waals surface area (Å²) in [6.45, 7) is 5.14. The van der Waals surface area contributed by atoms with Crippen LogP contribution in [0.25, 0.3) is 0 Å². The first-order chi connectivity index (χ1) is 9.63. The monoisotopic (exact) mass is 339 g/mol. The molecule has 0 saturated heterocycles. The smallest absolute Gasteiger partial charge is 0.133 e. The summed E-state index contributed by atoms with van der Waals surface area (Å²) in [6.07, 6.45) is 7.35. The summed E-state index contributed by atoms with van der Waals surface area (Å²) in [5.74, 6) is 0.916. The van der Waals surface area contributed by atoms with Gasteiger partial charge < -0.3 is 10.5 Å². The molecule has 1 aliphatic carbocycles. The van der Waals surface area contributed by atoms with Crippen molar-refractivity contribution in [2.75, 3.05) is 6.61 Å². The highest BCUT2D eigenvalue weighted by Gasteiger charge is 2.38. The van der Waals surface area contributed by atoms with E-state index >= 15 is 0 Å². The Bertz CT molecular complexity index is 441. The maximum absolute atomic E-state index is 6.60. The number of ether oxygens (including phenoxy) is 1. The Kier molecular flexibility index (Phi) is 5.50. The van der Waals surface area contributed by atoms with Crippen LogP contribution in [0.4, 0.5) is 0 Å². The molecule has 0 spiro atoms. The molecule has 0 aliphatic heterocycles. The molecular weight excluding hydrogens is 314 g/mol. The van der Waals surface area contributed by atoms with Gasteiger partial charge in [-0.3, -0.25) is 0 Å². The third kappa shape index (κ3) is 3.20. The molecule has 0 aromatic heterocycles. The van der Waals surface area contributed by atoms with Crippen LogP contribution in [0.2, 0.25) is 0 Å². The van der Waals surface area contributed by atoms with Crippen LogP contribution in [0.15, 0.2) is 22.7 Å². The van der Waals surface area contributed by atoms with E-state index < -0.39 is 0 Å². The van der Waals surface area contributed by atoms with E-state index in [1.807, 2.05) is 6.07 Å². The van der Waals surface area contributed by atoms with Gasteiger partial charge in [0, 0.05) is 6.04 Å². The van der Waals surface area contributed by atoms with Gasteiger partial charge >= 0.3 is 0 Å². The molecule has 20 heavy (non-hydrogen) atoms. The lowest BCUT2D eigenvalue weighted by atomic mass is 9.74. The molecule has 1 aliphatic rings. The lowest BCUT2D eigenvalue weighted by molar-refractivity contribution is 0.222. The van der Waals surface area contributed by atoms with Crippen molar-refractivity contribution in [2.45, 2.75) is 58.4 Å². The Morgan fingerprint density at radius 1 is 1.30 bits per heavy atom. The Morgan fingerprint density at radius 3 is 2.55 bits per heavy atom. The number of hydrogen-bond donors (Lipinski definition) is 1. The lowest BCUT2D eigenvalue weighted by Gasteiger charge is -2.35. The Balaban J connectivity index is 2.18. The van der Waals surface area contributed by atoms with E-state index in [4.69, 9.17) is 10.5 Å². The summed E-state index contributed by atoms with van der Waals surface area (Å²) in [7, 11) is 0. The Labute approximate surface area is 131 Å². The van der Waals surface area contributed by atoms with E-state index in [0.717, 1.165) is 23.2 Å². The summed E-state index contributed by atoms with van der Waals surface area (Å²) in [4.78, 5) is 0. The second kappa shape index (κ2) is 6.95. The van der Waals surface area contributed by atoms with Crippen molar-refractivity contribution < 1.29 is 4.74 Å². The van der Waals surface area contributed by atoms with Crippen molar-refractivity contribution in [1.82, 2.24) is 0 Å². The molecular formula is C17H26BrNO.